The van der Waals surface area contributed by atoms with Gasteiger partial charge in [-0.2, -0.15) is 13.2 Å². The van der Waals surface area contributed by atoms with Crippen LogP contribution in [0.1, 0.15) is 22.8 Å². The van der Waals surface area contributed by atoms with Crippen LogP contribution < -0.4 is 0 Å². The molecule has 0 spiro atoms. The molecule has 1 aromatic carbocycles. The highest BCUT2D eigenvalue weighted by Crippen LogP contribution is 2.34. The molecule has 0 saturated carbocycles. The molecule has 0 fully saturated rings. The number of aliphatic hydroxyl groups is 1. The lowest BCUT2D eigenvalue weighted by molar-refractivity contribution is -0.206. The first-order chi connectivity index (χ1) is 6.73. The summed E-state index contributed by atoms with van der Waals surface area (Å²) in [6.45, 7) is 3.37. The van der Waals surface area contributed by atoms with Crippen molar-refractivity contribution in [2.45, 2.75) is 26.1 Å². The lowest BCUT2D eigenvalue weighted by atomic mass is 10.0. The molecule has 0 aliphatic carbocycles. The second-order valence-electron chi connectivity index (χ2n) is 3.41. The van der Waals surface area contributed by atoms with Crippen molar-refractivity contribution in [2.75, 3.05) is 0 Å². The average molecular weight is 283 g/mol. The van der Waals surface area contributed by atoms with Gasteiger partial charge >= 0.3 is 6.18 Å². The van der Waals surface area contributed by atoms with Crippen LogP contribution in [-0.2, 0) is 0 Å². The highest BCUT2D eigenvalue weighted by molar-refractivity contribution is 9.10. The Hall–Kier alpha value is -0.550. The quantitative estimate of drug-likeness (QED) is 0.834. The van der Waals surface area contributed by atoms with Gasteiger partial charge in [-0.1, -0.05) is 28.1 Å². The van der Waals surface area contributed by atoms with Crippen molar-refractivity contribution >= 4 is 15.9 Å². The van der Waals surface area contributed by atoms with Crippen molar-refractivity contribution in [3.8, 4) is 0 Å². The van der Waals surface area contributed by atoms with E-state index in [1.54, 1.807) is 13.8 Å². The molecule has 1 atom stereocenters. The normalized spacial score (nSPS) is 14.1. The highest BCUT2D eigenvalue weighted by Gasteiger charge is 2.39. The molecule has 0 saturated heterocycles. The largest absolute Gasteiger partial charge is 0.418 e. The standard InChI is InChI=1S/C10H10BrF3O/c1-5-3-7(4-6(2)8(5)11)9(15)10(12,13)14/h3-4,9,15H,1-2H3/t9-/m0/s1. The predicted octanol–water partition coefficient (Wildman–Crippen LogP) is 3.66. The van der Waals surface area contributed by atoms with Crippen molar-refractivity contribution in [3.05, 3.63) is 33.3 Å². The maximum absolute atomic E-state index is 12.2. The third-order valence-corrected chi connectivity index (χ3v) is 3.34. The van der Waals surface area contributed by atoms with E-state index in [1.165, 1.54) is 12.1 Å². The van der Waals surface area contributed by atoms with Crippen molar-refractivity contribution in [1.82, 2.24) is 0 Å². The smallest absolute Gasteiger partial charge is 0.379 e. The van der Waals surface area contributed by atoms with E-state index in [0.717, 1.165) is 4.47 Å². The number of hydrogen-bond acceptors (Lipinski definition) is 1. The fraction of sp³-hybridized carbons (Fsp3) is 0.400. The third kappa shape index (κ3) is 2.72. The molecule has 0 radical (unpaired) electrons. The second kappa shape index (κ2) is 4.14. The van der Waals surface area contributed by atoms with Gasteiger partial charge in [-0.05, 0) is 30.5 Å². The lowest BCUT2D eigenvalue weighted by Crippen LogP contribution is -2.20. The minimum absolute atomic E-state index is 0.124. The molecule has 5 heteroatoms. The number of benzene rings is 1. The van der Waals surface area contributed by atoms with E-state index < -0.39 is 12.3 Å². The Morgan fingerprint density at radius 3 is 1.93 bits per heavy atom. The fourth-order valence-electron chi connectivity index (χ4n) is 1.33. The van der Waals surface area contributed by atoms with Gasteiger partial charge in [0.25, 0.3) is 0 Å². The van der Waals surface area contributed by atoms with Gasteiger partial charge in [0.05, 0.1) is 0 Å². The summed E-state index contributed by atoms with van der Waals surface area (Å²) in [6.07, 6.45) is -7.03. The van der Waals surface area contributed by atoms with Gasteiger partial charge in [0.1, 0.15) is 0 Å². The van der Waals surface area contributed by atoms with E-state index in [0.29, 0.717) is 11.1 Å². The summed E-state index contributed by atoms with van der Waals surface area (Å²) < 4.78 is 37.5. The van der Waals surface area contributed by atoms with Gasteiger partial charge in [-0.15, -0.1) is 0 Å². The Balaban J connectivity index is 3.17. The second-order valence-corrected chi connectivity index (χ2v) is 4.21. The van der Waals surface area contributed by atoms with Crippen LogP contribution >= 0.6 is 15.9 Å². The molecule has 1 nitrogen and oxygen atoms in total. The lowest BCUT2D eigenvalue weighted by Gasteiger charge is -2.16. The Morgan fingerprint density at radius 2 is 1.60 bits per heavy atom. The summed E-state index contributed by atoms with van der Waals surface area (Å²) in [5, 5.41) is 9.06. The summed E-state index contributed by atoms with van der Waals surface area (Å²) in [5.74, 6) is 0. The molecule has 0 amide bonds. The molecule has 1 N–H and O–H groups in total. The van der Waals surface area contributed by atoms with Gasteiger partial charge in [-0.3, -0.25) is 0 Å². The fourth-order valence-corrected chi connectivity index (χ4v) is 1.56. The number of hydrogen-bond donors (Lipinski definition) is 1. The van der Waals surface area contributed by atoms with Crippen LogP contribution in [0.15, 0.2) is 16.6 Å². The first-order valence-corrected chi connectivity index (χ1v) is 5.04. The van der Waals surface area contributed by atoms with Crippen LogP contribution in [0.4, 0.5) is 13.2 Å². The van der Waals surface area contributed by atoms with Crippen LogP contribution in [0, 0.1) is 13.8 Å². The van der Waals surface area contributed by atoms with Crippen LogP contribution in [0.2, 0.25) is 0 Å². The van der Waals surface area contributed by atoms with Crippen LogP contribution in [-0.4, -0.2) is 11.3 Å². The Bertz CT molecular complexity index is 350. The zero-order valence-electron chi connectivity index (χ0n) is 8.19. The van der Waals surface area contributed by atoms with E-state index in [9.17, 15) is 13.2 Å². The Labute approximate surface area is 94.0 Å². The molecule has 0 aromatic heterocycles. The molecule has 0 bridgehead atoms. The number of aryl methyl sites for hydroxylation is 2. The molecular formula is C10H10BrF3O. The maximum atomic E-state index is 12.2. The van der Waals surface area contributed by atoms with Crippen molar-refractivity contribution < 1.29 is 18.3 Å². The topological polar surface area (TPSA) is 20.2 Å². The Kier molecular flexibility index (Phi) is 3.45. The summed E-state index contributed by atoms with van der Waals surface area (Å²) in [6, 6.07) is 2.66. The van der Waals surface area contributed by atoms with Gasteiger partial charge in [0.2, 0.25) is 0 Å². The SMILES string of the molecule is Cc1cc([C@H](O)C(F)(F)F)cc(C)c1Br. The molecule has 0 aliphatic heterocycles. The molecule has 0 heterocycles. The van der Waals surface area contributed by atoms with Gasteiger partial charge in [0, 0.05) is 4.47 Å². The first kappa shape index (κ1) is 12.5. The predicted molar refractivity (Wildman–Crippen MR) is 54.6 cm³/mol. The number of halogens is 4. The van der Waals surface area contributed by atoms with E-state index in [-0.39, 0.29) is 5.56 Å². The monoisotopic (exact) mass is 282 g/mol. The van der Waals surface area contributed by atoms with E-state index in [2.05, 4.69) is 15.9 Å². The molecule has 1 aromatic rings. The summed E-state index contributed by atoms with van der Waals surface area (Å²) >= 11 is 3.25. The maximum Gasteiger partial charge on any atom is 0.418 e. The number of aliphatic hydroxyl groups excluding tert-OH is 1. The van der Waals surface area contributed by atoms with Gasteiger partial charge < -0.3 is 5.11 Å². The van der Waals surface area contributed by atoms with Crippen molar-refractivity contribution in [2.24, 2.45) is 0 Å². The molecule has 1 rings (SSSR count). The van der Waals surface area contributed by atoms with Crippen LogP contribution in [0.3, 0.4) is 0 Å². The molecule has 84 valence electrons. The van der Waals surface area contributed by atoms with Crippen molar-refractivity contribution in [3.63, 3.8) is 0 Å². The molecule has 0 unspecified atom stereocenters. The third-order valence-electron chi connectivity index (χ3n) is 2.08. The Morgan fingerprint density at radius 1 is 1.20 bits per heavy atom. The molecule has 0 aliphatic rings. The summed E-state index contributed by atoms with van der Waals surface area (Å²) in [4.78, 5) is 0. The minimum atomic E-state index is -4.62. The number of alkyl halides is 3. The van der Waals surface area contributed by atoms with Crippen LogP contribution in [0.25, 0.3) is 0 Å². The summed E-state index contributed by atoms with van der Waals surface area (Å²) in [7, 11) is 0. The summed E-state index contributed by atoms with van der Waals surface area (Å²) in [5.41, 5.74) is 1.22. The first-order valence-electron chi connectivity index (χ1n) is 4.25. The van der Waals surface area contributed by atoms with Gasteiger partial charge in [-0.25, -0.2) is 0 Å². The van der Waals surface area contributed by atoms with Gasteiger partial charge in [0.15, 0.2) is 6.10 Å². The number of rotatable bonds is 1. The zero-order valence-corrected chi connectivity index (χ0v) is 9.78. The average Bonchev–Trinajstić information content (AvgIpc) is 2.10. The van der Waals surface area contributed by atoms with Crippen LogP contribution in [0.5, 0.6) is 0 Å². The molecule has 15 heavy (non-hydrogen) atoms. The molecular weight excluding hydrogens is 273 g/mol. The van der Waals surface area contributed by atoms with E-state index >= 15 is 0 Å². The minimum Gasteiger partial charge on any atom is -0.379 e. The van der Waals surface area contributed by atoms with E-state index in [4.69, 9.17) is 5.11 Å². The van der Waals surface area contributed by atoms with E-state index in [1.807, 2.05) is 0 Å². The highest BCUT2D eigenvalue weighted by atomic mass is 79.9. The van der Waals surface area contributed by atoms with Crippen molar-refractivity contribution in [1.29, 1.82) is 0 Å². The zero-order chi connectivity index (χ0) is 11.8.